The van der Waals surface area contributed by atoms with Gasteiger partial charge in [0.05, 0.1) is 10.9 Å². The van der Waals surface area contributed by atoms with Crippen LogP contribution in [-0.4, -0.2) is 54.8 Å². The number of nitrogens with one attached hydrogen (secondary N) is 1. The summed E-state index contributed by atoms with van der Waals surface area (Å²) in [6.45, 7) is 1.07. The molecule has 0 aromatic rings. The van der Waals surface area contributed by atoms with E-state index >= 15 is 0 Å². The van der Waals surface area contributed by atoms with Crippen molar-refractivity contribution < 1.29 is 18.3 Å². The van der Waals surface area contributed by atoms with E-state index in [9.17, 15) is 18.3 Å². The van der Waals surface area contributed by atoms with Crippen molar-refractivity contribution in [3.05, 3.63) is 0 Å². The minimum absolute atomic E-state index is 0.0959. The van der Waals surface area contributed by atoms with Gasteiger partial charge in [0, 0.05) is 25.6 Å². The van der Waals surface area contributed by atoms with Crippen LogP contribution in [-0.2, 0) is 14.8 Å². The zero-order valence-corrected chi connectivity index (χ0v) is 15.2. The highest BCUT2D eigenvalue weighted by molar-refractivity contribution is 7.90. The molecule has 1 aliphatic heterocycles. The van der Waals surface area contributed by atoms with Crippen LogP contribution in [0.4, 0.5) is 0 Å². The lowest BCUT2D eigenvalue weighted by Gasteiger charge is -2.34. The van der Waals surface area contributed by atoms with Gasteiger partial charge in [0.2, 0.25) is 15.9 Å². The van der Waals surface area contributed by atoms with Crippen LogP contribution >= 0.6 is 0 Å². The summed E-state index contributed by atoms with van der Waals surface area (Å²) < 4.78 is 27.9. The molecule has 1 atom stereocenters. The van der Waals surface area contributed by atoms with Gasteiger partial charge >= 0.3 is 0 Å². The second-order valence-electron chi connectivity index (χ2n) is 7.83. The average Bonchev–Trinajstić information content (AvgIpc) is 3.25. The number of hydrogen-bond donors (Lipinski definition) is 2. The number of piperidine rings is 1. The maximum atomic E-state index is 12.6. The maximum absolute atomic E-state index is 12.6. The van der Waals surface area contributed by atoms with Gasteiger partial charge in [0.15, 0.2) is 0 Å². The number of rotatable bonds is 5. The Hall–Kier alpha value is -0.660. The van der Waals surface area contributed by atoms with Gasteiger partial charge in [0.25, 0.3) is 0 Å². The largest absolute Gasteiger partial charge is 0.389 e. The van der Waals surface area contributed by atoms with Gasteiger partial charge in [-0.25, -0.2) is 13.1 Å². The van der Waals surface area contributed by atoms with E-state index in [0.717, 1.165) is 44.9 Å². The predicted octanol–water partition coefficient (Wildman–Crippen LogP) is 1.39. The fraction of sp³-hybridized carbons (Fsp3) is 0.941. The fourth-order valence-electron chi connectivity index (χ4n) is 4.39. The van der Waals surface area contributed by atoms with Crippen LogP contribution in [0.5, 0.6) is 0 Å². The lowest BCUT2D eigenvalue weighted by molar-refractivity contribution is -0.136. The lowest BCUT2D eigenvalue weighted by Crippen LogP contribution is -2.51. The Morgan fingerprint density at radius 1 is 1.08 bits per heavy atom. The van der Waals surface area contributed by atoms with Gasteiger partial charge in [-0.1, -0.05) is 25.7 Å². The monoisotopic (exact) mass is 358 g/mol. The number of nitrogens with zero attached hydrogens (tertiary/aromatic N) is 1. The number of carbonyl (C=O) groups is 1. The molecule has 24 heavy (non-hydrogen) atoms. The minimum Gasteiger partial charge on any atom is -0.389 e. The normalized spacial score (nSPS) is 28.4. The first-order valence-corrected chi connectivity index (χ1v) is 10.9. The van der Waals surface area contributed by atoms with Crippen molar-refractivity contribution >= 4 is 15.9 Å². The number of sulfonamides is 1. The molecular formula is C17H30N2O4S. The van der Waals surface area contributed by atoms with Crippen LogP contribution in [0.15, 0.2) is 0 Å². The van der Waals surface area contributed by atoms with Gasteiger partial charge in [-0.3, -0.25) is 4.79 Å². The van der Waals surface area contributed by atoms with Gasteiger partial charge < -0.3 is 10.0 Å². The summed E-state index contributed by atoms with van der Waals surface area (Å²) in [5.41, 5.74) is -0.888. The first kappa shape index (κ1) is 18.1. The summed E-state index contributed by atoms with van der Waals surface area (Å²) in [5.74, 6) is 0.237. The van der Waals surface area contributed by atoms with Crippen molar-refractivity contribution in [3.63, 3.8) is 0 Å². The van der Waals surface area contributed by atoms with Crippen molar-refractivity contribution in [3.8, 4) is 0 Å². The summed E-state index contributed by atoms with van der Waals surface area (Å²) in [4.78, 5) is 14.3. The number of amides is 1. The molecule has 138 valence electrons. The van der Waals surface area contributed by atoms with Gasteiger partial charge in [-0.15, -0.1) is 0 Å². The molecule has 0 unspecified atom stereocenters. The van der Waals surface area contributed by atoms with Crippen LogP contribution in [0.25, 0.3) is 0 Å². The zero-order valence-electron chi connectivity index (χ0n) is 14.4. The fourth-order valence-corrected chi connectivity index (χ4v) is 5.94. The molecule has 0 aromatic carbocycles. The molecule has 0 radical (unpaired) electrons. The van der Waals surface area contributed by atoms with Crippen molar-refractivity contribution in [1.82, 2.24) is 9.62 Å². The summed E-state index contributed by atoms with van der Waals surface area (Å²) in [6, 6.07) is 0. The molecule has 1 heterocycles. The smallest absolute Gasteiger partial charge is 0.225 e. The molecule has 3 fully saturated rings. The Kier molecular flexibility index (Phi) is 5.52. The SMILES string of the molecule is O=C(C1CCCC1)N1CCC[C@H](S(=O)(=O)NCC2(O)CCCC2)C1. The molecule has 6 nitrogen and oxygen atoms in total. The Balaban J connectivity index is 1.57. The molecule has 3 rings (SSSR count). The molecule has 7 heteroatoms. The molecule has 0 bridgehead atoms. The van der Waals surface area contributed by atoms with Crippen molar-refractivity contribution in [1.29, 1.82) is 0 Å². The topological polar surface area (TPSA) is 86.7 Å². The summed E-state index contributed by atoms with van der Waals surface area (Å²) in [5, 5.41) is 9.79. The molecule has 0 spiro atoms. The van der Waals surface area contributed by atoms with E-state index in [0.29, 0.717) is 32.4 Å². The van der Waals surface area contributed by atoms with E-state index in [4.69, 9.17) is 0 Å². The third kappa shape index (κ3) is 4.11. The third-order valence-electron chi connectivity index (χ3n) is 5.97. The van der Waals surface area contributed by atoms with E-state index in [1.165, 1.54) is 0 Å². The first-order valence-electron chi connectivity index (χ1n) is 9.39. The van der Waals surface area contributed by atoms with Crippen LogP contribution in [0.2, 0.25) is 0 Å². The Morgan fingerprint density at radius 2 is 1.75 bits per heavy atom. The molecule has 2 aliphatic carbocycles. The number of likely N-dealkylation sites (tertiary alicyclic amines) is 1. The van der Waals surface area contributed by atoms with Crippen LogP contribution in [0.3, 0.4) is 0 Å². The Bertz CT molecular complexity index is 551. The molecule has 1 amide bonds. The number of hydrogen-bond acceptors (Lipinski definition) is 4. The molecule has 3 aliphatic rings. The maximum Gasteiger partial charge on any atom is 0.225 e. The number of aliphatic hydroxyl groups is 1. The second kappa shape index (κ2) is 7.30. The lowest BCUT2D eigenvalue weighted by atomic mass is 10.0. The third-order valence-corrected chi connectivity index (χ3v) is 7.78. The quantitative estimate of drug-likeness (QED) is 0.778. The second-order valence-corrected chi connectivity index (χ2v) is 9.87. The van der Waals surface area contributed by atoms with Gasteiger partial charge in [0.1, 0.15) is 0 Å². The van der Waals surface area contributed by atoms with Crippen LogP contribution < -0.4 is 4.72 Å². The highest BCUT2D eigenvalue weighted by Crippen LogP contribution is 2.30. The number of carbonyl (C=O) groups excluding carboxylic acids is 1. The molecule has 1 saturated heterocycles. The predicted molar refractivity (Wildman–Crippen MR) is 91.9 cm³/mol. The van der Waals surface area contributed by atoms with E-state index in [1.54, 1.807) is 4.90 Å². The molecule has 0 aromatic heterocycles. The standard InChI is InChI=1S/C17H30N2O4S/c20-16(14-6-1-2-7-14)19-11-5-8-15(12-19)24(22,23)18-13-17(21)9-3-4-10-17/h14-15,18,21H,1-13H2/t15-/m0/s1. The zero-order chi connectivity index (χ0) is 17.2. The van der Waals surface area contributed by atoms with Gasteiger partial charge in [-0.05, 0) is 38.5 Å². The Morgan fingerprint density at radius 3 is 2.42 bits per heavy atom. The first-order chi connectivity index (χ1) is 11.4. The van der Waals surface area contributed by atoms with Gasteiger partial charge in [-0.2, -0.15) is 0 Å². The van der Waals surface area contributed by atoms with E-state index in [-0.39, 0.29) is 18.4 Å². The summed E-state index contributed by atoms with van der Waals surface area (Å²) in [7, 11) is -3.50. The highest BCUT2D eigenvalue weighted by atomic mass is 32.2. The van der Waals surface area contributed by atoms with Crippen molar-refractivity contribution in [2.75, 3.05) is 19.6 Å². The van der Waals surface area contributed by atoms with Crippen molar-refractivity contribution in [2.24, 2.45) is 5.92 Å². The van der Waals surface area contributed by atoms with E-state index < -0.39 is 20.9 Å². The van der Waals surface area contributed by atoms with E-state index in [1.807, 2.05) is 0 Å². The minimum atomic E-state index is -3.50. The Labute approximate surface area is 145 Å². The summed E-state index contributed by atoms with van der Waals surface area (Å²) in [6.07, 6.45) is 8.63. The summed E-state index contributed by atoms with van der Waals surface area (Å²) >= 11 is 0. The highest BCUT2D eigenvalue weighted by Gasteiger charge is 2.38. The van der Waals surface area contributed by atoms with Crippen LogP contribution in [0, 0.1) is 5.92 Å². The van der Waals surface area contributed by atoms with E-state index in [2.05, 4.69) is 4.72 Å². The average molecular weight is 359 g/mol. The molecule has 2 saturated carbocycles. The molecular weight excluding hydrogens is 328 g/mol. The molecule has 2 N–H and O–H groups in total. The van der Waals surface area contributed by atoms with Crippen molar-refractivity contribution in [2.45, 2.75) is 75.1 Å². The van der Waals surface area contributed by atoms with Crippen LogP contribution in [0.1, 0.15) is 64.2 Å².